The Bertz CT molecular complexity index is 749. The van der Waals surface area contributed by atoms with Gasteiger partial charge >= 0.3 is 0 Å². The number of sulfonamides is 1. The largest absolute Gasteiger partial charge is 0.379 e. The van der Waals surface area contributed by atoms with Crippen molar-refractivity contribution in [2.24, 2.45) is 5.10 Å². The first-order chi connectivity index (χ1) is 12.6. The van der Waals surface area contributed by atoms with E-state index >= 15 is 0 Å². The molecule has 0 spiro atoms. The number of hydrogen-bond acceptors (Lipinski definition) is 5. The fourth-order valence-corrected chi connectivity index (χ4v) is 4.58. The van der Waals surface area contributed by atoms with Gasteiger partial charge in [-0.3, -0.25) is 5.43 Å². The third-order valence-corrected chi connectivity index (χ3v) is 6.57. The SMILES string of the molecule is O=S(=O)(c1ccc(NC(=S)NN=C2CCCCC2)cc1)N1CCOCC1. The lowest BCUT2D eigenvalue weighted by atomic mass is 9.99. The minimum Gasteiger partial charge on any atom is -0.379 e. The molecule has 2 fully saturated rings. The van der Waals surface area contributed by atoms with Crippen molar-refractivity contribution in [2.75, 3.05) is 31.6 Å². The van der Waals surface area contributed by atoms with Crippen molar-refractivity contribution in [1.29, 1.82) is 0 Å². The van der Waals surface area contributed by atoms with Crippen LogP contribution in [0.15, 0.2) is 34.3 Å². The van der Waals surface area contributed by atoms with Gasteiger partial charge in [0.25, 0.3) is 0 Å². The maximum atomic E-state index is 12.6. The average Bonchev–Trinajstić information content (AvgIpc) is 2.68. The van der Waals surface area contributed by atoms with Crippen LogP contribution in [0.5, 0.6) is 0 Å². The van der Waals surface area contributed by atoms with Gasteiger partial charge in [-0.05, 0) is 62.2 Å². The highest BCUT2D eigenvalue weighted by molar-refractivity contribution is 7.89. The van der Waals surface area contributed by atoms with Crippen molar-refractivity contribution < 1.29 is 13.2 Å². The second-order valence-electron chi connectivity index (χ2n) is 6.35. The normalized spacial score (nSPS) is 19.0. The molecule has 0 atom stereocenters. The Morgan fingerprint density at radius 1 is 1.08 bits per heavy atom. The Hall–Kier alpha value is -1.55. The predicted molar refractivity (Wildman–Crippen MR) is 106 cm³/mol. The van der Waals surface area contributed by atoms with Crippen molar-refractivity contribution in [3.63, 3.8) is 0 Å². The van der Waals surface area contributed by atoms with Crippen LogP contribution in [-0.2, 0) is 14.8 Å². The minimum absolute atomic E-state index is 0.270. The molecular weight excluding hydrogens is 372 g/mol. The maximum Gasteiger partial charge on any atom is 0.243 e. The lowest BCUT2D eigenvalue weighted by Crippen LogP contribution is -2.40. The van der Waals surface area contributed by atoms with Crippen molar-refractivity contribution in [3.05, 3.63) is 24.3 Å². The molecule has 3 rings (SSSR count). The molecule has 1 saturated carbocycles. The van der Waals surface area contributed by atoms with Crippen LogP contribution in [0.4, 0.5) is 5.69 Å². The molecule has 1 aromatic carbocycles. The molecule has 1 aromatic rings. The van der Waals surface area contributed by atoms with Crippen molar-refractivity contribution in [2.45, 2.75) is 37.0 Å². The molecule has 26 heavy (non-hydrogen) atoms. The summed E-state index contributed by atoms with van der Waals surface area (Å²) >= 11 is 5.24. The number of nitrogens with zero attached hydrogens (tertiary/aromatic N) is 2. The number of benzene rings is 1. The van der Waals surface area contributed by atoms with Crippen LogP contribution >= 0.6 is 12.2 Å². The molecule has 1 aliphatic heterocycles. The monoisotopic (exact) mass is 396 g/mol. The second kappa shape index (κ2) is 8.90. The molecule has 142 valence electrons. The fraction of sp³-hybridized carbons (Fsp3) is 0.529. The third-order valence-electron chi connectivity index (χ3n) is 4.47. The molecule has 0 unspecified atom stereocenters. The molecule has 9 heteroatoms. The fourth-order valence-electron chi connectivity index (χ4n) is 3.01. The van der Waals surface area contributed by atoms with Gasteiger partial charge in [0.05, 0.1) is 18.1 Å². The number of ether oxygens (including phenoxy) is 1. The van der Waals surface area contributed by atoms with E-state index in [1.54, 1.807) is 24.3 Å². The molecule has 1 saturated heterocycles. The van der Waals surface area contributed by atoms with Gasteiger partial charge in [0.2, 0.25) is 10.0 Å². The summed E-state index contributed by atoms with van der Waals surface area (Å²) in [5.74, 6) is 0. The van der Waals surface area contributed by atoms with Gasteiger partial charge in [-0.25, -0.2) is 8.42 Å². The Morgan fingerprint density at radius 3 is 2.38 bits per heavy atom. The topological polar surface area (TPSA) is 83.0 Å². The predicted octanol–water partition coefficient (Wildman–Crippen LogP) is 2.31. The van der Waals surface area contributed by atoms with Crippen LogP contribution in [-0.4, -0.2) is 49.9 Å². The zero-order chi connectivity index (χ0) is 18.4. The third kappa shape index (κ3) is 5.00. The van der Waals surface area contributed by atoms with E-state index < -0.39 is 10.0 Å². The first-order valence-corrected chi connectivity index (χ1v) is 10.7. The van der Waals surface area contributed by atoms with Crippen LogP contribution in [0.3, 0.4) is 0 Å². The standard InChI is InChI=1S/C17H24N4O3S2/c22-26(23,21-10-12-24-13-11-21)16-8-6-14(7-9-16)18-17(25)20-19-15-4-2-1-3-5-15/h6-9H,1-5,10-13H2,(H2,18,20,25). The van der Waals surface area contributed by atoms with Crippen LogP contribution in [0.2, 0.25) is 0 Å². The number of rotatable bonds is 4. The maximum absolute atomic E-state index is 12.6. The molecule has 7 nitrogen and oxygen atoms in total. The van der Waals surface area contributed by atoms with Gasteiger partial charge in [0, 0.05) is 24.5 Å². The van der Waals surface area contributed by atoms with E-state index in [-0.39, 0.29) is 4.90 Å². The molecule has 2 aliphatic rings. The van der Waals surface area contributed by atoms with Crippen LogP contribution in [0.25, 0.3) is 0 Å². The summed E-state index contributed by atoms with van der Waals surface area (Å²) in [6, 6.07) is 6.58. The van der Waals surface area contributed by atoms with Crippen LogP contribution in [0, 0.1) is 0 Å². The van der Waals surface area contributed by atoms with Gasteiger partial charge in [-0.2, -0.15) is 9.41 Å². The zero-order valence-corrected chi connectivity index (χ0v) is 16.2. The summed E-state index contributed by atoms with van der Waals surface area (Å²) in [4.78, 5) is 0.270. The number of thiocarbonyl (C=S) groups is 1. The lowest BCUT2D eigenvalue weighted by Gasteiger charge is -2.26. The van der Waals surface area contributed by atoms with Gasteiger partial charge in [0.15, 0.2) is 5.11 Å². The first-order valence-electron chi connectivity index (χ1n) is 8.86. The first kappa shape index (κ1) is 19.2. The van der Waals surface area contributed by atoms with E-state index in [2.05, 4.69) is 15.8 Å². The Morgan fingerprint density at radius 2 is 1.73 bits per heavy atom. The molecule has 0 radical (unpaired) electrons. The van der Waals surface area contributed by atoms with E-state index in [9.17, 15) is 8.42 Å². The Kier molecular flexibility index (Phi) is 6.58. The average molecular weight is 397 g/mol. The van der Waals surface area contributed by atoms with E-state index in [4.69, 9.17) is 17.0 Å². The van der Waals surface area contributed by atoms with Crippen LogP contribution in [0.1, 0.15) is 32.1 Å². The Labute approximate surface area is 159 Å². The molecular formula is C17H24N4O3S2. The summed E-state index contributed by atoms with van der Waals surface area (Å²) in [6.07, 6.45) is 5.66. The van der Waals surface area contributed by atoms with Gasteiger partial charge in [0.1, 0.15) is 0 Å². The molecule has 2 N–H and O–H groups in total. The molecule has 1 aliphatic carbocycles. The number of hydrogen-bond donors (Lipinski definition) is 2. The second-order valence-corrected chi connectivity index (χ2v) is 8.69. The number of nitrogens with one attached hydrogen (secondary N) is 2. The summed E-state index contributed by atoms with van der Waals surface area (Å²) in [5.41, 5.74) is 4.73. The summed E-state index contributed by atoms with van der Waals surface area (Å²) < 4.78 is 31.8. The number of hydrazone groups is 1. The van der Waals surface area contributed by atoms with Gasteiger partial charge < -0.3 is 10.1 Å². The zero-order valence-electron chi connectivity index (χ0n) is 14.6. The van der Waals surface area contributed by atoms with Crippen molar-refractivity contribution in [3.8, 4) is 0 Å². The van der Waals surface area contributed by atoms with E-state index in [1.807, 2.05) is 0 Å². The van der Waals surface area contributed by atoms with Crippen LogP contribution < -0.4 is 10.7 Å². The van der Waals surface area contributed by atoms with Gasteiger partial charge in [-0.1, -0.05) is 6.42 Å². The highest BCUT2D eigenvalue weighted by Gasteiger charge is 2.26. The summed E-state index contributed by atoms with van der Waals surface area (Å²) in [7, 11) is -3.48. The molecule has 0 bridgehead atoms. The summed E-state index contributed by atoms with van der Waals surface area (Å²) in [6.45, 7) is 1.63. The quantitative estimate of drug-likeness (QED) is 0.600. The van der Waals surface area contributed by atoms with Crippen molar-refractivity contribution in [1.82, 2.24) is 9.73 Å². The Balaban J connectivity index is 1.57. The number of morpholine rings is 1. The summed E-state index contributed by atoms with van der Waals surface area (Å²) in [5, 5.41) is 7.77. The van der Waals surface area contributed by atoms with E-state index in [0.29, 0.717) is 37.1 Å². The lowest BCUT2D eigenvalue weighted by molar-refractivity contribution is 0.0730. The minimum atomic E-state index is -3.48. The molecule has 0 amide bonds. The van der Waals surface area contributed by atoms with E-state index in [0.717, 1.165) is 18.6 Å². The van der Waals surface area contributed by atoms with Crippen molar-refractivity contribution >= 4 is 38.8 Å². The highest BCUT2D eigenvalue weighted by Crippen LogP contribution is 2.19. The highest BCUT2D eigenvalue weighted by atomic mass is 32.2. The smallest absolute Gasteiger partial charge is 0.243 e. The molecule has 1 heterocycles. The van der Waals surface area contributed by atoms with Gasteiger partial charge in [-0.15, -0.1) is 0 Å². The molecule has 0 aromatic heterocycles. The van der Waals surface area contributed by atoms with E-state index in [1.165, 1.54) is 23.6 Å². The number of anilines is 1.